The van der Waals surface area contributed by atoms with Crippen molar-refractivity contribution in [3.8, 4) is 0 Å². The van der Waals surface area contributed by atoms with E-state index in [-0.39, 0.29) is 5.76 Å². The molecular weight excluding hydrogens is 178 g/mol. The summed E-state index contributed by atoms with van der Waals surface area (Å²) in [6.07, 6.45) is 0. The van der Waals surface area contributed by atoms with E-state index in [4.69, 9.17) is 0 Å². The number of nitro groups is 1. The van der Waals surface area contributed by atoms with Gasteiger partial charge in [-0.15, -0.1) is 0 Å². The first-order valence-electron chi connectivity index (χ1n) is 3.38. The number of esters is 1. The first-order valence-corrected chi connectivity index (χ1v) is 3.38. The van der Waals surface area contributed by atoms with Crippen LogP contribution in [0.5, 0.6) is 0 Å². The summed E-state index contributed by atoms with van der Waals surface area (Å²) in [4.78, 5) is 20.3. The molecule has 0 aliphatic carbocycles. The Balaban J connectivity index is 2.79. The predicted octanol–water partition coefficient (Wildman–Crippen LogP) is 1.53. The van der Waals surface area contributed by atoms with Crippen molar-refractivity contribution in [1.82, 2.24) is 0 Å². The molecule has 0 saturated heterocycles. The maximum absolute atomic E-state index is 10.9. The molecule has 0 aliphatic rings. The number of nitrogens with zero attached hydrogens (tertiary/aromatic N) is 1. The standard InChI is InChI=1S/C7H6NO5/c1-2-12-7(9)5-3-4-6(13-5)8(10)11/h2-4H,1H3. The minimum Gasteiger partial charge on any atom is -0.453 e. The van der Waals surface area contributed by atoms with Gasteiger partial charge in [-0.05, 0) is 13.0 Å². The van der Waals surface area contributed by atoms with Gasteiger partial charge in [0.15, 0.2) is 0 Å². The minimum atomic E-state index is -0.754. The van der Waals surface area contributed by atoms with Crippen LogP contribution in [0.15, 0.2) is 16.5 Å². The normalized spacial score (nSPS) is 9.62. The smallest absolute Gasteiger partial charge is 0.433 e. The van der Waals surface area contributed by atoms with Crippen LogP contribution in [0.4, 0.5) is 5.88 Å². The van der Waals surface area contributed by atoms with Crippen molar-refractivity contribution in [2.75, 3.05) is 0 Å². The summed E-state index contributed by atoms with van der Waals surface area (Å²) in [6.45, 7) is 2.67. The minimum absolute atomic E-state index is 0.190. The van der Waals surface area contributed by atoms with Crippen molar-refractivity contribution in [3.05, 3.63) is 34.6 Å². The summed E-state index contributed by atoms with van der Waals surface area (Å²) in [5.74, 6) is -1.43. The molecule has 0 fully saturated rings. The third-order valence-electron chi connectivity index (χ3n) is 1.20. The fourth-order valence-corrected chi connectivity index (χ4v) is 0.701. The van der Waals surface area contributed by atoms with Gasteiger partial charge in [0, 0.05) is 0 Å². The highest BCUT2D eigenvalue weighted by atomic mass is 16.7. The van der Waals surface area contributed by atoms with Gasteiger partial charge in [0.05, 0.1) is 6.07 Å². The lowest BCUT2D eigenvalue weighted by Crippen LogP contribution is -1.99. The number of carbonyl (C=O) groups excluding carboxylic acids is 1. The van der Waals surface area contributed by atoms with Gasteiger partial charge < -0.3 is 9.15 Å². The van der Waals surface area contributed by atoms with Gasteiger partial charge in [-0.3, -0.25) is 10.1 Å². The molecule has 13 heavy (non-hydrogen) atoms. The molecular formula is C7H6NO5. The molecule has 6 nitrogen and oxygen atoms in total. The fourth-order valence-electron chi connectivity index (χ4n) is 0.701. The molecule has 0 amide bonds. The Bertz CT molecular complexity index is 329. The van der Waals surface area contributed by atoms with Gasteiger partial charge in [-0.1, -0.05) is 0 Å². The maximum atomic E-state index is 10.9. The number of ether oxygens (including phenoxy) is 1. The van der Waals surface area contributed by atoms with E-state index in [2.05, 4.69) is 9.15 Å². The van der Waals surface area contributed by atoms with Crippen LogP contribution in [0.25, 0.3) is 0 Å². The van der Waals surface area contributed by atoms with E-state index in [1.54, 1.807) is 0 Å². The van der Waals surface area contributed by atoms with E-state index < -0.39 is 16.8 Å². The Hall–Kier alpha value is -1.85. The van der Waals surface area contributed by atoms with E-state index in [0.29, 0.717) is 0 Å². The van der Waals surface area contributed by atoms with Crippen LogP contribution >= 0.6 is 0 Å². The summed E-state index contributed by atoms with van der Waals surface area (Å²) >= 11 is 0. The molecule has 69 valence electrons. The summed E-state index contributed by atoms with van der Waals surface area (Å²) < 4.78 is 9.01. The highest BCUT2D eigenvalue weighted by Gasteiger charge is 2.17. The Morgan fingerprint density at radius 1 is 1.69 bits per heavy atom. The molecule has 1 aromatic heterocycles. The van der Waals surface area contributed by atoms with Gasteiger partial charge >= 0.3 is 11.9 Å². The zero-order valence-electron chi connectivity index (χ0n) is 6.72. The molecule has 1 rings (SSSR count). The van der Waals surface area contributed by atoms with Gasteiger partial charge in [-0.2, -0.15) is 0 Å². The second-order valence-electron chi connectivity index (χ2n) is 2.04. The number of rotatable bonds is 3. The molecule has 0 bridgehead atoms. The van der Waals surface area contributed by atoms with Gasteiger partial charge in [-0.25, -0.2) is 4.79 Å². The SMILES string of the molecule is C[CH]OC(=O)c1ccc([N+](=O)[O-])o1. The summed E-state index contributed by atoms with van der Waals surface area (Å²) in [6, 6.07) is 2.27. The predicted molar refractivity (Wildman–Crippen MR) is 40.8 cm³/mol. The molecule has 6 heteroatoms. The monoisotopic (exact) mass is 184 g/mol. The first kappa shape index (κ1) is 9.24. The van der Waals surface area contributed by atoms with Gasteiger partial charge in [0.25, 0.3) is 0 Å². The Morgan fingerprint density at radius 2 is 2.38 bits per heavy atom. The van der Waals surface area contributed by atoms with Crippen LogP contribution < -0.4 is 0 Å². The van der Waals surface area contributed by atoms with E-state index >= 15 is 0 Å². The topological polar surface area (TPSA) is 82.6 Å². The van der Waals surface area contributed by atoms with E-state index in [9.17, 15) is 14.9 Å². The molecule has 1 aromatic rings. The Kier molecular flexibility index (Phi) is 2.63. The molecule has 0 unspecified atom stereocenters. The molecule has 1 radical (unpaired) electrons. The van der Waals surface area contributed by atoms with E-state index in [0.717, 1.165) is 12.7 Å². The third-order valence-corrected chi connectivity index (χ3v) is 1.20. The zero-order valence-corrected chi connectivity index (χ0v) is 6.72. The lowest BCUT2D eigenvalue weighted by molar-refractivity contribution is -0.402. The molecule has 0 aromatic carbocycles. The van der Waals surface area contributed by atoms with Crippen molar-refractivity contribution in [2.45, 2.75) is 6.92 Å². The number of hydrogen-bond acceptors (Lipinski definition) is 5. The van der Waals surface area contributed by atoms with Crippen LogP contribution in [-0.2, 0) is 4.74 Å². The largest absolute Gasteiger partial charge is 0.453 e. The van der Waals surface area contributed by atoms with Crippen molar-refractivity contribution in [3.63, 3.8) is 0 Å². The van der Waals surface area contributed by atoms with Gasteiger partial charge in [0.1, 0.15) is 11.5 Å². The van der Waals surface area contributed by atoms with Crippen molar-refractivity contribution in [2.24, 2.45) is 0 Å². The Labute approximate surface area is 73.2 Å². The maximum Gasteiger partial charge on any atom is 0.433 e. The highest BCUT2D eigenvalue weighted by molar-refractivity contribution is 5.86. The second-order valence-corrected chi connectivity index (χ2v) is 2.04. The van der Waals surface area contributed by atoms with Crippen LogP contribution in [0, 0.1) is 16.7 Å². The van der Waals surface area contributed by atoms with E-state index in [1.165, 1.54) is 13.0 Å². The second kappa shape index (κ2) is 3.70. The quantitative estimate of drug-likeness (QED) is 0.404. The van der Waals surface area contributed by atoms with Crippen LogP contribution in [0.1, 0.15) is 17.5 Å². The number of carbonyl (C=O) groups is 1. The van der Waals surface area contributed by atoms with Crippen LogP contribution in [0.2, 0.25) is 0 Å². The molecule has 0 aliphatic heterocycles. The summed E-state index contributed by atoms with van der Waals surface area (Å²) in [7, 11) is 0. The molecule has 0 N–H and O–H groups in total. The van der Waals surface area contributed by atoms with Crippen LogP contribution in [-0.4, -0.2) is 10.9 Å². The van der Waals surface area contributed by atoms with Crippen molar-refractivity contribution < 1.29 is 18.9 Å². The number of furan rings is 1. The number of hydrogen-bond donors (Lipinski definition) is 0. The molecule has 0 saturated carbocycles. The fraction of sp³-hybridized carbons (Fsp3) is 0.143. The molecule has 0 atom stereocenters. The van der Waals surface area contributed by atoms with Crippen molar-refractivity contribution >= 4 is 11.9 Å². The highest BCUT2D eigenvalue weighted by Crippen LogP contribution is 2.16. The summed E-state index contributed by atoms with van der Waals surface area (Å²) in [5, 5.41) is 10.1. The third kappa shape index (κ3) is 2.05. The van der Waals surface area contributed by atoms with E-state index in [1.807, 2.05) is 0 Å². The zero-order chi connectivity index (χ0) is 9.84. The average molecular weight is 184 g/mol. The van der Waals surface area contributed by atoms with Gasteiger partial charge in [0.2, 0.25) is 5.76 Å². The average Bonchev–Trinajstić information content (AvgIpc) is 2.52. The molecule has 1 heterocycles. The first-order chi connectivity index (χ1) is 6.15. The Morgan fingerprint density at radius 3 is 2.85 bits per heavy atom. The lowest BCUT2D eigenvalue weighted by atomic mass is 10.4. The van der Waals surface area contributed by atoms with Crippen molar-refractivity contribution in [1.29, 1.82) is 0 Å². The lowest BCUT2D eigenvalue weighted by Gasteiger charge is -1.94. The summed E-state index contributed by atoms with van der Waals surface area (Å²) in [5.41, 5.74) is 0. The van der Waals surface area contributed by atoms with Crippen LogP contribution in [0.3, 0.4) is 0 Å². The molecule has 0 spiro atoms.